The van der Waals surface area contributed by atoms with Crippen molar-refractivity contribution in [2.24, 2.45) is 0 Å². The third-order valence-corrected chi connectivity index (χ3v) is 3.93. The van der Waals surface area contributed by atoms with E-state index in [4.69, 9.17) is 11.6 Å². The Morgan fingerprint density at radius 3 is 3.00 bits per heavy atom. The number of thiophene rings is 1. The Hall–Kier alpha value is -0.900. The van der Waals surface area contributed by atoms with Crippen LogP contribution in [-0.4, -0.2) is 4.98 Å². The summed E-state index contributed by atoms with van der Waals surface area (Å²) in [5.74, 6) is 0. The number of rotatable bonds is 4. The van der Waals surface area contributed by atoms with Crippen LogP contribution in [0.4, 0.5) is 0 Å². The van der Waals surface area contributed by atoms with E-state index in [2.05, 4.69) is 35.6 Å². The van der Waals surface area contributed by atoms with E-state index in [0.717, 1.165) is 10.9 Å². The molecule has 1 atom stereocenters. The molecule has 90 valence electrons. The molecule has 0 aliphatic heterocycles. The third-order valence-electron chi connectivity index (χ3n) is 2.82. The molecule has 0 saturated heterocycles. The van der Waals surface area contributed by atoms with E-state index in [1.807, 2.05) is 18.5 Å². The molecule has 0 aliphatic rings. The maximum atomic E-state index is 5.93. The average molecular weight is 267 g/mol. The highest BCUT2D eigenvalue weighted by Crippen LogP contribution is 2.24. The molecular weight excluding hydrogens is 252 g/mol. The molecule has 0 spiro atoms. The van der Waals surface area contributed by atoms with Crippen LogP contribution in [0.25, 0.3) is 0 Å². The van der Waals surface area contributed by atoms with Gasteiger partial charge in [0.25, 0.3) is 0 Å². The van der Waals surface area contributed by atoms with E-state index in [0.29, 0.717) is 6.04 Å². The van der Waals surface area contributed by atoms with Gasteiger partial charge in [0.1, 0.15) is 0 Å². The summed E-state index contributed by atoms with van der Waals surface area (Å²) in [5, 5.41) is 5.59. The van der Waals surface area contributed by atoms with Gasteiger partial charge in [0, 0.05) is 25.0 Å². The molecular formula is C13H15ClN2S. The lowest BCUT2D eigenvalue weighted by molar-refractivity contribution is 0.574. The summed E-state index contributed by atoms with van der Waals surface area (Å²) in [4.78, 5) is 4.09. The number of hydrogen-bond donors (Lipinski definition) is 1. The molecule has 1 N–H and O–H groups in total. The Morgan fingerprint density at radius 1 is 1.53 bits per heavy atom. The molecule has 2 nitrogen and oxygen atoms in total. The minimum atomic E-state index is 0.311. The zero-order valence-electron chi connectivity index (χ0n) is 9.90. The highest BCUT2D eigenvalue weighted by molar-refractivity contribution is 7.14. The Bertz CT molecular complexity index is 496. The minimum absolute atomic E-state index is 0.311. The van der Waals surface area contributed by atoms with Gasteiger partial charge in [-0.15, -0.1) is 11.3 Å². The van der Waals surface area contributed by atoms with Crippen molar-refractivity contribution in [2.75, 3.05) is 0 Å². The quantitative estimate of drug-likeness (QED) is 0.906. The Balaban J connectivity index is 1.97. The second-order valence-corrected chi connectivity index (χ2v) is 5.63. The first kappa shape index (κ1) is 12.6. The fraction of sp³-hybridized carbons (Fsp3) is 0.308. The van der Waals surface area contributed by atoms with Crippen molar-refractivity contribution in [1.29, 1.82) is 0 Å². The summed E-state index contributed by atoms with van der Waals surface area (Å²) in [6, 6.07) is 4.38. The summed E-state index contributed by atoms with van der Waals surface area (Å²) in [6.07, 6.45) is 3.72. The van der Waals surface area contributed by atoms with Crippen LogP contribution in [0.1, 0.15) is 29.7 Å². The number of halogens is 1. The smallest absolute Gasteiger partial charge is 0.0931 e. The Labute approximate surface area is 111 Å². The van der Waals surface area contributed by atoms with Gasteiger partial charge in [-0.3, -0.25) is 4.98 Å². The van der Waals surface area contributed by atoms with Gasteiger partial charge in [0.15, 0.2) is 0 Å². The molecule has 17 heavy (non-hydrogen) atoms. The molecule has 0 fully saturated rings. The lowest BCUT2D eigenvalue weighted by atomic mass is 10.1. The van der Waals surface area contributed by atoms with Crippen molar-refractivity contribution >= 4 is 22.9 Å². The normalized spacial score (nSPS) is 12.6. The SMILES string of the molecule is Cc1cnccc1CNC(C)c1csc(Cl)c1. The molecule has 0 aromatic carbocycles. The van der Waals surface area contributed by atoms with Crippen LogP contribution in [0.3, 0.4) is 0 Å². The van der Waals surface area contributed by atoms with Gasteiger partial charge in [-0.2, -0.15) is 0 Å². The number of pyridine rings is 1. The van der Waals surface area contributed by atoms with Crippen molar-refractivity contribution in [3.8, 4) is 0 Å². The Kier molecular flexibility index (Phi) is 4.15. The van der Waals surface area contributed by atoms with Crippen LogP contribution in [0.15, 0.2) is 29.9 Å². The van der Waals surface area contributed by atoms with Gasteiger partial charge in [-0.05, 0) is 48.1 Å². The van der Waals surface area contributed by atoms with Crippen LogP contribution in [0.5, 0.6) is 0 Å². The van der Waals surface area contributed by atoms with E-state index in [1.54, 1.807) is 11.3 Å². The number of nitrogens with zero attached hydrogens (tertiary/aromatic N) is 1. The fourth-order valence-corrected chi connectivity index (χ4v) is 2.62. The maximum absolute atomic E-state index is 5.93. The minimum Gasteiger partial charge on any atom is -0.306 e. The fourth-order valence-electron chi connectivity index (χ4n) is 1.63. The predicted octanol–water partition coefficient (Wildman–Crippen LogP) is 3.96. The second-order valence-electron chi connectivity index (χ2n) is 4.09. The average Bonchev–Trinajstić information content (AvgIpc) is 2.74. The topological polar surface area (TPSA) is 24.9 Å². The van der Waals surface area contributed by atoms with Gasteiger partial charge in [0.05, 0.1) is 4.34 Å². The van der Waals surface area contributed by atoms with Gasteiger partial charge in [-0.1, -0.05) is 11.6 Å². The van der Waals surface area contributed by atoms with Crippen LogP contribution >= 0.6 is 22.9 Å². The molecule has 4 heteroatoms. The van der Waals surface area contributed by atoms with Gasteiger partial charge < -0.3 is 5.32 Å². The van der Waals surface area contributed by atoms with Crippen LogP contribution in [0, 0.1) is 6.92 Å². The van der Waals surface area contributed by atoms with Gasteiger partial charge in [-0.25, -0.2) is 0 Å². The highest BCUT2D eigenvalue weighted by Gasteiger charge is 2.07. The van der Waals surface area contributed by atoms with E-state index in [-0.39, 0.29) is 0 Å². The summed E-state index contributed by atoms with van der Waals surface area (Å²) in [7, 11) is 0. The molecule has 0 aliphatic carbocycles. The molecule has 1 unspecified atom stereocenters. The van der Waals surface area contributed by atoms with Crippen LogP contribution in [-0.2, 0) is 6.54 Å². The highest BCUT2D eigenvalue weighted by atomic mass is 35.5. The number of aromatic nitrogens is 1. The monoisotopic (exact) mass is 266 g/mol. The van der Waals surface area contributed by atoms with E-state index in [9.17, 15) is 0 Å². The summed E-state index contributed by atoms with van der Waals surface area (Å²) < 4.78 is 0.841. The lowest BCUT2D eigenvalue weighted by Gasteiger charge is -2.13. The van der Waals surface area contributed by atoms with Crippen molar-refractivity contribution in [3.05, 3.63) is 50.9 Å². The van der Waals surface area contributed by atoms with Crippen molar-refractivity contribution in [1.82, 2.24) is 10.3 Å². The molecule has 2 aromatic rings. The van der Waals surface area contributed by atoms with E-state index < -0.39 is 0 Å². The van der Waals surface area contributed by atoms with Crippen molar-refractivity contribution in [3.63, 3.8) is 0 Å². The van der Waals surface area contributed by atoms with Crippen molar-refractivity contribution < 1.29 is 0 Å². The number of hydrogen-bond acceptors (Lipinski definition) is 3. The largest absolute Gasteiger partial charge is 0.306 e. The summed E-state index contributed by atoms with van der Waals surface area (Å²) in [6.45, 7) is 5.08. The van der Waals surface area contributed by atoms with E-state index in [1.165, 1.54) is 16.7 Å². The van der Waals surface area contributed by atoms with Gasteiger partial charge >= 0.3 is 0 Å². The molecule has 2 rings (SSSR count). The predicted molar refractivity (Wildman–Crippen MR) is 73.6 cm³/mol. The first-order valence-electron chi connectivity index (χ1n) is 5.53. The zero-order valence-corrected chi connectivity index (χ0v) is 11.5. The second kappa shape index (κ2) is 5.63. The maximum Gasteiger partial charge on any atom is 0.0931 e. The molecule has 2 aromatic heterocycles. The first-order chi connectivity index (χ1) is 8.16. The van der Waals surface area contributed by atoms with E-state index >= 15 is 0 Å². The van der Waals surface area contributed by atoms with Gasteiger partial charge in [0.2, 0.25) is 0 Å². The first-order valence-corrected chi connectivity index (χ1v) is 6.79. The number of aryl methyl sites for hydroxylation is 1. The molecule has 0 amide bonds. The zero-order chi connectivity index (χ0) is 12.3. The van der Waals surface area contributed by atoms with Crippen molar-refractivity contribution in [2.45, 2.75) is 26.4 Å². The third kappa shape index (κ3) is 3.28. The lowest BCUT2D eigenvalue weighted by Crippen LogP contribution is -2.18. The molecule has 0 saturated carbocycles. The summed E-state index contributed by atoms with van der Waals surface area (Å²) in [5.41, 5.74) is 3.75. The standard InChI is InChI=1S/C13H15ClN2S/c1-9-6-15-4-3-11(9)7-16-10(2)12-5-13(14)17-8-12/h3-6,8,10,16H,7H2,1-2H3. The summed E-state index contributed by atoms with van der Waals surface area (Å²) >= 11 is 7.50. The van der Waals surface area contributed by atoms with Crippen LogP contribution < -0.4 is 5.32 Å². The molecule has 0 bridgehead atoms. The molecule has 2 heterocycles. The molecule has 0 radical (unpaired) electrons. The Morgan fingerprint density at radius 2 is 2.35 bits per heavy atom. The van der Waals surface area contributed by atoms with Crippen LogP contribution in [0.2, 0.25) is 4.34 Å². The number of nitrogens with one attached hydrogen (secondary N) is 1.